The number of para-hydroxylation sites is 1. The number of anilines is 1. The summed E-state index contributed by atoms with van der Waals surface area (Å²) in [5.41, 5.74) is 2.40. The third-order valence-electron chi connectivity index (χ3n) is 7.34. The van der Waals surface area contributed by atoms with Crippen LogP contribution in [-0.2, 0) is 21.6 Å². The molecular formula is C32H33BrN2O5. The summed E-state index contributed by atoms with van der Waals surface area (Å²) in [5.74, 6) is 1.19. The second-order valence-electron chi connectivity index (χ2n) is 10.9. The maximum Gasteiger partial charge on any atom is 0.415 e. The summed E-state index contributed by atoms with van der Waals surface area (Å²) >= 11 is 3.75. The summed E-state index contributed by atoms with van der Waals surface area (Å²) in [7, 11) is 3.21. The molecule has 0 N–H and O–H groups in total. The van der Waals surface area contributed by atoms with Gasteiger partial charge in [0.2, 0.25) is 5.91 Å². The number of carbonyl (C=O) groups excluding carboxylic acids is 2. The standard InChI is InChI=1S/C32H33BrN2O5/c1-31(2,3)40-30(37)35-27-13-9-6-10-23(27)25-19-29(36)34(20-21-14-15-22(38-4)18-28(21)39-5)17-16-32(25,35)24-11-7-8-12-26(24)33/h6-15,18-19H,16-17,20H2,1-5H3. The molecule has 0 aliphatic carbocycles. The van der Waals surface area contributed by atoms with Crippen molar-refractivity contribution in [2.75, 3.05) is 25.7 Å². The van der Waals surface area contributed by atoms with Crippen LogP contribution >= 0.6 is 15.9 Å². The molecule has 0 fully saturated rings. The third-order valence-corrected chi connectivity index (χ3v) is 8.03. The number of nitrogens with zero attached hydrogens (tertiary/aromatic N) is 2. The molecule has 0 radical (unpaired) electrons. The fraction of sp³-hybridized carbons (Fsp3) is 0.312. The minimum absolute atomic E-state index is 0.136. The van der Waals surface area contributed by atoms with E-state index >= 15 is 0 Å². The maximum absolute atomic E-state index is 14.0. The molecule has 5 rings (SSSR count). The molecule has 0 saturated carbocycles. The van der Waals surface area contributed by atoms with Crippen molar-refractivity contribution in [3.63, 3.8) is 0 Å². The van der Waals surface area contributed by atoms with Crippen molar-refractivity contribution in [3.8, 4) is 11.5 Å². The number of hydrogen-bond donors (Lipinski definition) is 0. The molecule has 1 atom stereocenters. The molecule has 3 aromatic carbocycles. The molecule has 2 heterocycles. The lowest BCUT2D eigenvalue weighted by Crippen LogP contribution is -2.50. The van der Waals surface area contributed by atoms with Gasteiger partial charge in [0.1, 0.15) is 22.6 Å². The molecule has 40 heavy (non-hydrogen) atoms. The number of methoxy groups -OCH3 is 2. The molecule has 0 saturated heterocycles. The number of benzene rings is 3. The van der Waals surface area contributed by atoms with Crippen LogP contribution in [0.5, 0.6) is 11.5 Å². The highest BCUT2D eigenvalue weighted by Gasteiger charge is 2.55. The highest BCUT2D eigenvalue weighted by molar-refractivity contribution is 9.10. The van der Waals surface area contributed by atoms with E-state index in [1.54, 1.807) is 30.1 Å². The van der Waals surface area contributed by atoms with Gasteiger partial charge in [-0.15, -0.1) is 0 Å². The Labute approximate surface area is 243 Å². The average Bonchev–Trinajstić information content (AvgIpc) is 3.11. The largest absolute Gasteiger partial charge is 0.497 e. The van der Waals surface area contributed by atoms with Gasteiger partial charge in [-0.2, -0.15) is 0 Å². The van der Waals surface area contributed by atoms with Gasteiger partial charge in [0.05, 0.1) is 19.9 Å². The molecule has 2 aliphatic rings. The SMILES string of the molecule is COc1ccc(CN2CCC3(c4ccccc4Br)C(=CC2=O)c2ccccc2N3C(=O)OC(C)(C)C)c(OC)c1. The number of amides is 2. The molecule has 0 aromatic heterocycles. The number of hydrogen-bond acceptors (Lipinski definition) is 5. The first-order chi connectivity index (χ1) is 19.1. The van der Waals surface area contributed by atoms with Crippen molar-refractivity contribution in [2.24, 2.45) is 0 Å². The van der Waals surface area contributed by atoms with Gasteiger partial charge in [-0.1, -0.05) is 52.3 Å². The lowest BCUT2D eigenvalue weighted by atomic mass is 9.79. The van der Waals surface area contributed by atoms with Gasteiger partial charge >= 0.3 is 6.09 Å². The van der Waals surface area contributed by atoms with Crippen molar-refractivity contribution < 1.29 is 23.8 Å². The quantitative estimate of drug-likeness (QED) is 0.316. The molecule has 8 heteroatoms. The number of fused-ring (bicyclic) bond motifs is 3. The zero-order valence-electron chi connectivity index (χ0n) is 23.4. The minimum atomic E-state index is -0.972. The Bertz CT molecular complexity index is 1490. The summed E-state index contributed by atoms with van der Waals surface area (Å²) in [6.07, 6.45) is 1.68. The Balaban J connectivity index is 1.66. The topological polar surface area (TPSA) is 68.3 Å². The average molecular weight is 606 g/mol. The predicted molar refractivity (Wildman–Crippen MR) is 159 cm³/mol. The van der Waals surface area contributed by atoms with Crippen LogP contribution in [-0.4, -0.2) is 43.3 Å². The van der Waals surface area contributed by atoms with Crippen molar-refractivity contribution in [2.45, 2.75) is 44.9 Å². The van der Waals surface area contributed by atoms with E-state index in [4.69, 9.17) is 14.2 Å². The van der Waals surface area contributed by atoms with Gasteiger partial charge < -0.3 is 19.1 Å². The first-order valence-electron chi connectivity index (χ1n) is 13.2. The van der Waals surface area contributed by atoms with E-state index in [-0.39, 0.29) is 5.91 Å². The second-order valence-corrected chi connectivity index (χ2v) is 11.8. The third kappa shape index (κ3) is 4.85. The van der Waals surface area contributed by atoms with Crippen molar-refractivity contribution in [3.05, 3.63) is 94.0 Å². The summed E-state index contributed by atoms with van der Waals surface area (Å²) in [6.45, 7) is 6.30. The number of rotatable bonds is 5. The predicted octanol–water partition coefficient (Wildman–Crippen LogP) is 6.93. The molecule has 1 unspecified atom stereocenters. The second kappa shape index (κ2) is 10.7. The lowest BCUT2D eigenvalue weighted by molar-refractivity contribution is -0.126. The van der Waals surface area contributed by atoms with Gasteiger partial charge in [-0.3, -0.25) is 9.69 Å². The Morgan fingerprint density at radius 1 is 1.00 bits per heavy atom. The van der Waals surface area contributed by atoms with Crippen LogP contribution in [0.1, 0.15) is 43.9 Å². The van der Waals surface area contributed by atoms with E-state index in [2.05, 4.69) is 15.9 Å². The summed E-state index contributed by atoms with van der Waals surface area (Å²) in [5, 5.41) is 0. The van der Waals surface area contributed by atoms with Gasteiger partial charge in [0, 0.05) is 40.8 Å². The summed E-state index contributed by atoms with van der Waals surface area (Å²) < 4.78 is 17.8. The number of ether oxygens (including phenoxy) is 3. The Kier molecular flexibility index (Phi) is 7.40. The van der Waals surface area contributed by atoms with Crippen LogP contribution in [0.25, 0.3) is 5.57 Å². The van der Waals surface area contributed by atoms with Gasteiger partial charge in [0.25, 0.3) is 0 Å². The van der Waals surface area contributed by atoms with Gasteiger partial charge in [0.15, 0.2) is 0 Å². The zero-order valence-corrected chi connectivity index (χ0v) is 24.9. The normalized spacial score (nSPS) is 18.4. The van der Waals surface area contributed by atoms with Crippen molar-refractivity contribution >= 4 is 39.2 Å². The van der Waals surface area contributed by atoms with Crippen LogP contribution in [0.2, 0.25) is 0 Å². The fourth-order valence-corrected chi connectivity index (χ4v) is 6.23. The molecule has 0 spiro atoms. The fourth-order valence-electron chi connectivity index (χ4n) is 5.61. The van der Waals surface area contributed by atoms with Crippen LogP contribution in [0.4, 0.5) is 10.5 Å². The van der Waals surface area contributed by atoms with Crippen molar-refractivity contribution in [1.82, 2.24) is 4.90 Å². The smallest absolute Gasteiger partial charge is 0.415 e. The molecule has 0 bridgehead atoms. The van der Waals surface area contributed by atoms with E-state index in [1.807, 2.05) is 87.5 Å². The molecule has 2 amide bonds. The maximum atomic E-state index is 14.0. The Morgan fingerprint density at radius 3 is 2.42 bits per heavy atom. The molecule has 208 valence electrons. The Hall–Kier alpha value is -3.78. The lowest BCUT2D eigenvalue weighted by Gasteiger charge is -2.41. The van der Waals surface area contributed by atoms with E-state index in [0.29, 0.717) is 31.0 Å². The van der Waals surface area contributed by atoms with Crippen LogP contribution in [0.15, 0.2) is 77.3 Å². The van der Waals surface area contributed by atoms with Crippen LogP contribution in [0, 0.1) is 0 Å². The van der Waals surface area contributed by atoms with E-state index in [9.17, 15) is 9.59 Å². The highest BCUT2D eigenvalue weighted by Crippen LogP contribution is 2.57. The molecule has 3 aromatic rings. The zero-order chi connectivity index (χ0) is 28.7. The van der Waals surface area contributed by atoms with E-state index < -0.39 is 17.2 Å². The van der Waals surface area contributed by atoms with Crippen LogP contribution in [0.3, 0.4) is 0 Å². The van der Waals surface area contributed by atoms with E-state index in [0.717, 1.165) is 32.4 Å². The number of carbonyl (C=O) groups is 2. The summed E-state index contributed by atoms with van der Waals surface area (Å²) in [6, 6.07) is 21.2. The minimum Gasteiger partial charge on any atom is -0.497 e. The first kappa shape index (κ1) is 27.8. The Morgan fingerprint density at radius 2 is 1.73 bits per heavy atom. The first-order valence-corrected chi connectivity index (χ1v) is 14.0. The molecule has 7 nitrogen and oxygen atoms in total. The van der Waals surface area contributed by atoms with E-state index in [1.165, 1.54) is 0 Å². The van der Waals surface area contributed by atoms with Gasteiger partial charge in [-0.25, -0.2) is 4.79 Å². The monoisotopic (exact) mass is 604 g/mol. The highest BCUT2D eigenvalue weighted by atomic mass is 79.9. The van der Waals surface area contributed by atoms with Crippen molar-refractivity contribution in [1.29, 1.82) is 0 Å². The van der Waals surface area contributed by atoms with Gasteiger partial charge in [-0.05, 0) is 62.6 Å². The van der Waals surface area contributed by atoms with Crippen LogP contribution < -0.4 is 14.4 Å². The number of halogens is 1. The summed E-state index contributed by atoms with van der Waals surface area (Å²) in [4.78, 5) is 31.4. The molecular weight excluding hydrogens is 572 g/mol. The molecule has 2 aliphatic heterocycles.